The molecule has 0 bridgehead atoms. The molecule has 0 aliphatic carbocycles. The van der Waals surface area contributed by atoms with Crippen LogP contribution in [0.25, 0.3) is 11.3 Å². The Bertz CT molecular complexity index is 588. The lowest BCUT2D eigenvalue weighted by molar-refractivity contribution is 0.281. The van der Waals surface area contributed by atoms with Crippen molar-refractivity contribution in [2.45, 2.75) is 46.6 Å². The molecule has 1 aromatic heterocycles. The molecule has 0 unspecified atom stereocenters. The van der Waals surface area contributed by atoms with Gasteiger partial charge in [-0.2, -0.15) is 0 Å². The highest BCUT2D eigenvalue weighted by molar-refractivity contribution is 5.66. The van der Waals surface area contributed by atoms with Gasteiger partial charge >= 0.3 is 0 Å². The van der Waals surface area contributed by atoms with Crippen LogP contribution in [0.2, 0.25) is 0 Å². The highest BCUT2D eigenvalue weighted by Gasteiger charge is 2.15. The molecule has 0 saturated carbocycles. The SMILES string of the molecule is Cc1cc(C(C)(C)C)ccc1-c1cc(CO)c(C)[nH]1. The summed E-state index contributed by atoms with van der Waals surface area (Å²) >= 11 is 0. The Morgan fingerprint density at radius 3 is 2.26 bits per heavy atom. The van der Waals surface area contributed by atoms with Crippen LogP contribution < -0.4 is 0 Å². The normalized spacial score (nSPS) is 11.9. The van der Waals surface area contributed by atoms with Gasteiger partial charge in [0.2, 0.25) is 0 Å². The molecule has 1 heterocycles. The minimum absolute atomic E-state index is 0.0848. The number of aliphatic hydroxyl groups excluding tert-OH is 1. The Morgan fingerprint density at radius 1 is 1.11 bits per heavy atom. The van der Waals surface area contributed by atoms with Crippen LogP contribution in [0, 0.1) is 13.8 Å². The molecule has 0 aliphatic heterocycles. The maximum absolute atomic E-state index is 9.28. The summed E-state index contributed by atoms with van der Waals surface area (Å²) in [6.45, 7) is 10.9. The fraction of sp³-hybridized carbons (Fsp3) is 0.412. The number of benzene rings is 1. The first kappa shape index (κ1) is 13.9. The van der Waals surface area contributed by atoms with Gasteiger partial charge in [-0.3, -0.25) is 0 Å². The standard InChI is InChI=1S/C17H23NO/c1-11-8-14(17(3,4)5)6-7-15(11)16-9-13(10-19)12(2)18-16/h6-9,18-19H,10H2,1-5H3. The summed E-state index contributed by atoms with van der Waals surface area (Å²) in [4.78, 5) is 3.35. The van der Waals surface area contributed by atoms with Gasteiger partial charge < -0.3 is 10.1 Å². The number of nitrogens with one attached hydrogen (secondary N) is 1. The number of aromatic amines is 1. The molecule has 2 nitrogen and oxygen atoms in total. The molecule has 2 heteroatoms. The molecule has 2 N–H and O–H groups in total. The van der Waals surface area contributed by atoms with Crippen molar-refractivity contribution >= 4 is 0 Å². The van der Waals surface area contributed by atoms with Gasteiger partial charge in [0.25, 0.3) is 0 Å². The number of rotatable bonds is 2. The molecular weight excluding hydrogens is 234 g/mol. The lowest BCUT2D eigenvalue weighted by Crippen LogP contribution is -2.11. The topological polar surface area (TPSA) is 36.0 Å². The van der Waals surface area contributed by atoms with Crippen LogP contribution >= 0.6 is 0 Å². The van der Waals surface area contributed by atoms with E-state index in [1.54, 1.807) is 0 Å². The summed E-state index contributed by atoms with van der Waals surface area (Å²) in [5.41, 5.74) is 7.07. The molecule has 0 atom stereocenters. The molecular formula is C17H23NO. The largest absolute Gasteiger partial charge is 0.392 e. The van der Waals surface area contributed by atoms with Crippen LogP contribution in [0.3, 0.4) is 0 Å². The predicted octanol–water partition coefficient (Wildman–Crippen LogP) is 4.09. The van der Waals surface area contributed by atoms with Gasteiger partial charge in [0.05, 0.1) is 6.61 Å². The van der Waals surface area contributed by atoms with Crippen LogP contribution in [0.5, 0.6) is 0 Å². The number of hydrogen-bond acceptors (Lipinski definition) is 1. The molecule has 0 fully saturated rings. The first-order valence-electron chi connectivity index (χ1n) is 6.74. The van der Waals surface area contributed by atoms with Crippen molar-refractivity contribution in [1.82, 2.24) is 4.98 Å². The van der Waals surface area contributed by atoms with Gasteiger partial charge in [-0.25, -0.2) is 0 Å². The van der Waals surface area contributed by atoms with E-state index in [9.17, 15) is 5.11 Å². The molecule has 0 spiro atoms. The van der Waals surface area contributed by atoms with E-state index in [1.165, 1.54) is 16.7 Å². The Labute approximate surface area is 115 Å². The summed E-state index contributed by atoms with van der Waals surface area (Å²) in [5.74, 6) is 0. The average molecular weight is 257 g/mol. The second-order valence-electron chi connectivity index (χ2n) is 6.27. The molecule has 0 amide bonds. The van der Waals surface area contributed by atoms with Crippen molar-refractivity contribution in [1.29, 1.82) is 0 Å². The Balaban J connectivity index is 2.46. The lowest BCUT2D eigenvalue weighted by atomic mass is 9.85. The molecule has 102 valence electrons. The maximum Gasteiger partial charge on any atom is 0.0699 e. The third-order valence-corrected chi connectivity index (χ3v) is 3.68. The highest BCUT2D eigenvalue weighted by Crippen LogP contribution is 2.30. The molecule has 0 radical (unpaired) electrons. The molecule has 2 rings (SSSR count). The van der Waals surface area contributed by atoms with E-state index >= 15 is 0 Å². The van der Waals surface area contributed by atoms with E-state index in [0.29, 0.717) is 0 Å². The highest BCUT2D eigenvalue weighted by atomic mass is 16.3. The lowest BCUT2D eigenvalue weighted by Gasteiger charge is -2.20. The van der Waals surface area contributed by atoms with Crippen LogP contribution in [-0.4, -0.2) is 10.1 Å². The summed E-state index contributed by atoms with van der Waals surface area (Å²) in [6.07, 6.45) is 0. The summed E-state index contributed by atoms with van der Waals surface area (Å²) in [7, 11) is 0. The second-order valence-corrected chi connectivity index (χ2v) is 6.27. The summed E-state index contributed by atoms with van der Waals surface area (Å²) in [6, 6.07) is 8.65. The zero-order chi connectivity index (χ0) is 14.2. The zero-order valence-electron chi connectivity index (χ0n) is 12.5. The van der Waals surface area contributed by atoms with Crippen molar-refractivity contribution in [3.63, 3.8) is 0 Å². The Kier molecular flexibility index (Phi) is 3.55. The first-order valence-corrected chi connectivity index (χ1v) is 6.74. The summed E-state index contributed by atoms with van der Waals surface area (Å²) < 4.78 is 0. The van der Waals surface area contributed by atoms with Gasteiger partial charge in [0, 0.05) is 17.0 Å². The van der Waals surface area contributed by atoms with Crippen LogP contribution in [-0.2, 0) is 12.0 Å². The maximum atomic E-state index is 9.28. The number of H-pyrrole nitrogens is 1. The van der Waals surface area contributed by atoms with Crippen molar-refractivity contribution in [3.8, 4) is 11.3 Å². The van der Waals surface area contributed by atoms with Gasteiger partial charge in [0.15, 0.2) is 0 Å². The minimum Gasteiger partial charge on any atom is -0.392 e. The minimum atomic E-state index is 0.0848. The first-order chi connectivity index (χ1) is 8.82. The number of aryl methyl sites for hydroxylation is 2. The molecule has 1 aromatic carbocycles. The van der Waals surface area contributed by atoms with Gasteiger partial charge in [-0.1, -0.05) is 39.0 Å². The van der Waals surface area contributed by atoms with Crippen LogP contribution in [0.4, 0.5) is 0 Å². The van der Waals surface area contributed by atoms with Gasteiger partial charge in [-0.15, -0.1) is 0 Å². The molecule has 2 aromatic rings. The number of aliphatic hydroxyl groups is 1. The van der Waals surface area contributed by atoms with Crippen LogP contribution in [0.1, 0.15) is 43.2 Å². The Hall–Kier alpha value is -1.54. The van der Waals surface area contributed by atoms with Crippen molar-refractivity contribution in [2.24, 2.45) is 0 Å². The molecule has 19 heavy (non-hydrogen) atoms. The Morgan fingerprint density at radius 2 is 1.79 bits per heavy atom. The van der Waals surface area contributed by atoms with Gasteiger partial charge in [-0.05, 0) is 42.0 Å². The monoisotopic (exact) mass is 257 g/mol. The van der Waals surface area contributed by atoms with Crippen molar-refractivity contribution in [2.75, 3.05) is 0 Å². The van der Waals surface area contributed by atoms with Gasteiger partial charge in [0.1, 0.15) is 0 Å². The number of aromatic nitrogens is 1. The average Bonchev–Trinajstić information content (AvgIpc) is 2.69. The van der Waals surface area contributed by atoms with E-state index in [-0.39, 0.29) is 12.0 Å². The van der Waals surface area contributed by atoms with E-state index in [1.807, 2.05) is 13.0 Å². The smallest absolute Gasteiger partial charge is 0.0699 e. The van der Waals surface area contributed by atoms with E-state index in [4.69, 9.17) is 0 Å². The second kappa shape index (κ2) is 4.86. The van der Waals surface area contributed by atoms with Crippen molar-refractivity contribution < 1.29 is 5.11 Å². The summed E-state index contributed by atoms with van der Waals surface area (Å²) in [5, 5.41) is 9.28. The fourth-order valence-corrected chi connectivity index (χ4v) is 2.34. The third-order valence-electron chi connectivity index (χ3n) is 3.68. The zero-order valence-corrected chi connectivity index (χ0v) is 12.5. The van der Waals surface area contributed by atoms with Crippen molar-refractivity contribution in [3.05, 3.63) is 46.6 Å². The molecule has 0 saturated heterocycles. The van der Waals surface area contributed by atoms with E-state index < -0.39 is 0 Å². The third kappa shape index (κ3) is 2.74. The fourth-order valence-electron chi connectivity index (χ4n) is 2.34. The number of hydrogen-bond donors (Lipinski definition) is 2. The van der Waals surface area contributed by atoms with Crippen LogP contribution in [0.15, 0.2) is 24.3 Å². The predicted molar refractivity (Wildman–Crippen MR) is 80.3 cm³/mol. The molecule has 0 aliphatic rings. The quantitative estimate of drug-likeness (QED) is 0.835. The van der Waals surface area contributed by atoms with E-state index in [0.717, 1.165) is 17.0 Å². The van der Waals surface area contributed by atoms with E-state index in [2.05, 4.69) is 50.9 Å².